The number of rotatable bonds is 3. The molecule has 1 atom stereocenters. The third kappa shape index (κ3) is 2.11. The Bertz CT molecular complexity index is 550. The van der Waals surface area contributed by atoms with Crippen molar-refractivity contribution in [2.75, 3.05) is 30.8 Å². The lowest BCUT2D eigenvalue weighted by molar-refractivity contribution is 0.187. The number of ether oxygens (including phenoxy) is 1. The molecule has 2 aromatic rings. The molecule has 4 heteroatoms. The van der Waals surface area contributed by atoms with Crippen LogP contribution in [0.15, 0.2) is 30.6 Å². The molecule has 1 aromatic carbocycles. The predicted octanol–water partition coefficient (Wildman–Crippen LogP) is 2.27. The Hall–Kier alpha value is -1.81. The third-order valence-corrected chi connectivity index (χ3v) is 3.46. The molecule has 0 saturated carbocycles. The fourth-order valence-electron chi connectivity index (χ4n) is 2.36. The highest BCUT2D eigenvalue weighted by atomic mass is 16.5. The second-order valence-electron chi connectivity index (χ2n) is 4.73. The molecule has 0 aliphatic carbocycles. The normalized spacial score (nSPS) is 19.2. The number of nitrogen functional groups attached to an aromatic ring is 1. The first-order valence-corrected chi connectivity index (χ1v) is 6.28. The van der Waals surface area contributed by atoms with Crippen molar-refractivity contribution in [2.45, 2.75) is 6.42 Å². The molecular formula is C14H17N3O. The molecule has 0 amide bonds. The molecule has 0 bridgehead atoms. The lowest BCUT2D eigenvalue weighted by atomic mass is 10.1. The van der Waals surface area contributed by atoms with E-state index in [1.807, 2.05) is 24.4 Å². The minimum absolute atomic E-state index is 0.611. The molecule has 0 spiro atoms. The van der Waals surface area contributed by atoms with Gasteiger partial charge >= 0.3 is 0 Å². The molecule has 3 rings (SSSR count). The number of nitrogens with two attached hydrogens (primary N) is 1. The number of nitrogens with zero attached hydrogens (tertiary/aromatic N) is 1. The van der Waals surface area contributed by atoms with Crippen LogP contribution < -0.4 is 11.1 Å². The van der Waals surface area contributed by atoms with Gasteiger partial charge in [0.2, 0.25) is 0 Å². The molecule has 3 N–H and O–H groups in total. The summed E-state index contributed by atoms with van der Waals surface area (Å²) in [7, 11) is 0. The van der Waals surface area contributed by atoms with E-state index in [0.29, 0.717) is 5.92 Å². The Kier molecular flexibility index (Phi) is 3.02. The van der Waals surface area contributed by atoms with Crippen LogP contribution in [0.5, 0.6) is 0 Å². The van der Waals surface area contributed by atoms with Crippen LogP contribution in [-0.2, 0) is 4.74 Å². The van der Waals surface area contributed by atoms with E-state index in [9.17, 15) is 0 Å². The number of benzene rings is 1. The van der Waals surface area contributed by atoms with Crippen LogP contribution in [0.4, 0.5) is 11.4 Å². The molecule has 1 saturated heterocycles. The molecule has 1 fully saturated rings. The van der Waals surface area contributed by atoms with E-state index in [0.717, 1.165) is 48.3 Å². The van der Waals surface area contributed by atoms with Gasteiger partial charge in [-0.2, -0.15) is 0 Å². The number of hydrogen-bond donors (Lipinski definition) is 2. The maximum Gasteiger partial charge on any atom is 0.0511 e. The van der Waals surface area contributed by atoms with Crippen LogP contribution >= 0.6 is 0 Å². The zero-order valence-electron chi connectivity index (χ0n) is 10.2. The second-order valence-corrected chi connectivity index (χ2v) is 4.73. The quantitative estimate of drug-likeness (QED) is 0.812. The van der Waals surface area contributed by atoms with Crippen molar-refractivity contribution in [3.05, 3.63) is 30.6 Å². The molecule has 1 aliphatic heterocycles. The van der Waals surface area contributed by atoms with Gasteiger partial charge in [0.1, 0.15) is 0 Å². The van der Waals surface area contributed by atoms with Gasteiger partial charge < -0.3 is 15.8 Å². The van der Waals surface area contributed by atoms with Crippen LogP contribution in [-0.4, -0.2) is 24.7 Å². The number of hydrogen-bond acceptors (Lipinski definition) is 4. The molecule has 2 heterocycles. The van der Waals surface area contributed by atoms with Crippen molar-refractivity contribution in [1.82, 2.24) is 4.98 Å². The molecule has 0 radical (unpaired) electrons. The summed E-state index contributed by atoms with van der Waals surface area (Å²) in [6, 6.07) is 5.96. The molecule has 1 aromatic heterocycles. The van der Waals surface area contributed by atoms with Gasteiger partial charge in [-0.15, -0.1) is 0 Å². The fraction of sp³-hybridized carbons (Fsp3) is 0.357. The highest BCUT2D eigenvalue weighted by Crippen LogP contribution is 2.27. The summed E-state index contributed by atoms with van der Waals surface area (Å²) in [6.45, 7) is 2.70. The number of nitrogens with one attached hydrogen (secondary N) is 1. The Morgan fingerprint density at radius 2 is 2.28 bits per heavy atom. The average Bonchev–Trinajstić information content (AvgIpc) is 2.92. The van der Waals surface area contributed by atoms with Gasteiger partial charge in [0.05, 0.1) is 6.61 Å². The van der Waals surface area contributed by atoms with Crippen LogP contribution in [0.1, 0.15) is 6.42 Å². The van der Waals surface area contributed by atoms with Gasteiger partial charge in [0.15, 0.2) is 0 Å². The van der Waals surface area contributed by atoms with E-state index in [-0.39, 0.29) is 0 Å². The molecule has 1 aliphatic rings. The maximum absolute atomic E-state index is 5.96. The van der Waals surface area contributed by atoms with Crippen molar-refractivity contribution in [1.29, 1.82) is 0 Å². The summed E-state index contributed by atoms with van der Waals surface area (Å²) in [5.74, 6) is 0.611. The van der Waals surface area contributed by atoms with Gasteiger partial charge in [-0.3, -0.25) is 4.98 Å². The minimum Gasteiger partial charge on any atom is -0.398 e. The second kappa shape index (κ2) is 4.82. The maximum atomic E-state index is 5.96. The van der Waals surface area contributed by atoms with Gasteiger partial charge in [-0.1, -0.05) is 0 Å². The van der Waals surface area contributed by atoms with Crippen molar-refractivity contribution >= 4 is 22.1 Å². The zero-order chi connectivity index (χ0) is 12.4. The summed E-state index contributed by atoms with van der Waals surface area (Å²) in [6.07, 6.45) is 4.75. The fourth-order valence-corrected chi connectivity index (χ4v) is 2.36. The number of pyridine rings is 1. The summed E-state index contributed by atoms with van der Waals surface area (Å²) in [5.41, 5.74) is 7.85. The van der Waals surface area contributed by atoms with Crippen LogP contribution in [0.25, 0.3) is 10.8 Å². The smallest absolute Gasteiger partial charge is 0.0511 e. The van der Waals surface area contributed by atoms with Crippen molar-refractivity contribution in [3.63, 3.8) is 0 Å². The monoisotopic (exact) mass is 243 g/mol. The van der Waals surface area contributed by atoms with Gasteiger partial charge in [-0.05, 0) is 24.6 Å². The van der Waals surface area contributed by atoms with Crippen LogP contribution in [0.2, 0.25) is 0 Å². The van der Waals surface area contributed by atoms with Crippen molar-refractivity contribution in [2.24, 2.45) is 5.92 Å². The topological polar surface area (TPSA) is 60.2 Å². The Morgan fingerprint density at radius 3 is 3.11 bits per heavy atom. The van der Waals surface area contributed by atoms with E-state index in [2.05, 4.69) is 10.3 Å². The lowest BCUT2D eigenvalue weighted by Gasteiger charge is -2.13. The van der Waals surface area contributed by atoms with Gasteiger partial charge in [-0.25, -0.2) is 0 Å². The lowest BCUT2D eigenvalue weighted by Crippen LogP contribution is -2.14. The summed E-state index contributed by atoms with van der Waals surface area (Å²) < 4.78 is 5.38. The number of fused-ring (bicyclic) bond motifs is 1. The summed E-state index contributed by atoms with van der Waals surface area (Å²) in [4.78, 5) is 4.12. The Morgan fingerprint density at radius 1 is 1.33 bits per heavy atom. The highest BCUT2D eigenvalue weighted by molar-refractivity contribution is 6.00. The Labute approximate surface area is 106 Å². The first-order chi connectivity index (χ1) is 8.84. The molecule has 18 heavy (non-hydrogen) atoms. The van der Waals surface area contributed by atoms with Gasteiger partial charge in [0.25, 0.3) is 0 Å². The average molecular weight is 243 g/mol. The minimum atomic E-state index is 0.611. The largest absolute Gasteiger partial charge is 0.398 e. The summed E-state index contributed by atoms with van der Waals surface area (Å²) in [5, 5.41) is 5.63. The predicted molar refractivity (Wildman–Crippen MR) is 73.6 cm³/mol. The van der Waals surface area contributed by atoms with E-state index >= 15 is 0 Å². The molecule has 94 valence electrons. The first kappa shape index (κ1) is 11.3. The van der Waals surface area contributed by atoms with Crippen molar-refractivity contribution < 1.29 is 4.74 Å². The standard InChI is InChI=1S/C14H17N3O/c15-13-1-2-14(11-3-5-16-8-12(11)13)17-7-10-4-6-18-9-10/h1-3,5,8,10,17H,4,6-7,9,15H2. The van der Waals surface area contributed by atoms with E-state index in [4.69, 9.17) is 10.5 Å². The Balaban J connectivity index is 1.85. The SMILES string of the molecule is Nc1ccc(NCC2CCOC2)c2ccncc12. The zero-order valence-corrected chi connectivity index (χ0v) is 10.2. The van der Waals surface area contributed by atoms with Crippen LogP contribution in [0, 0.1) is 5.92 Å². The van der Waals surface area contributed by atoms with Crippen LogP contribution in [0.3, 0.4) is 0 Å². The van der Waals surface area contributed by atoms with E-state index < -0.39 is 0 Å². The highest BCUT2D eigenvalue weighted by Gasteiger charge is 2.15. The number of aromatic nitrogens is 1. The number of anilines is 2. The van der Waals surface area contributed by atoms with Gasteiger partial charge in [0, 0.05) is 53.6 Å². The molecule has 4 nitrogen and oxygen atoms in total. The molecular weight excluding hydrogens is 226 g/mol. The summed E-state index contributed by atoms with van der Waals surface area (Å²) >= 11 is 0. The molecule has 1 unspecified atom stereocenters. The van der Waals surface area contributed by atoms with Crippen molar-refractivity contribution in [3.8, 4) is 0 Å². The third-order valence-electron chi connectivity index (χ3n) is 3.46. The van der Waals surface area contributed by atoms with E-state index in [1.54, 1.807) is 6.20 Å². The van der Waals surface area contributed by atoms with E-state index in [1.165, 1.54) is 0 Å². The first-order valence-electron chi connectivity index (χ1n) is 6.28.